The highest BCUT2D eigenvalue weighted by Crippen LogP contribution is 2.14. The van der Waals surface area contributed by atoms with E-state index in [4.69, 9.17) is 0 Å². The van der Waals surface area contributed by atoms with Crippen molar-refractivity contribution in [3.8, 4) is 0 Å². The van der Waals surface area contributed by atoms with Crippen LogP contribution < -0.4 is 10.0 Å². The van der Waals surface area contributed by atoms with Crippen molar-refractivity contribution >= 4 is 15.7 Å². The van der Waals surface area contributed by atoms with E-state index in [1.165, 1.54) is 0 Å². The lowest BCUT2D eigenvalue weighted by molar-refractivity contribution is 0.580. The van der Waals surface area contributed by atoms with E-state index < -0.39 is 10.0 Å². The van der Waals surface area contributed by atoms with E-state index >= 15 is 0 Å². The number of anilines is 1. The van der Waals surface area contributed by atoms with Crippen molar-refractivity contribution in [1.29, 1.82) is 0 Å². The summed E-state index contributed by atoms with van der Waals surface area (Å²) in [6, 6.07) is 10.4. The monoisotopic (exact) mass is 305 g/mol. The molecule has 0 bridgehead atoms. The van der Waals surface area contributed by atoms with E-state index in [0.717, 1.165) is 23.4 Å². The molecular weight excluding hydrogens is 286 g/mol. The van der Waals surface area contributed by atoms with Gasteiger partial charge in [0.25, 0.3) is 0 Å². The maximum Gasteiger partial charge on any atom is 0.240 e. The molecule has 112 valence electrons. The molecule has 2 N–H and O–H groups in total. The third-order valence-electron chi connectivity index (χ3n) is 3.25. The lowest BCUT2D eigenvalue weighted by atomic mass is 10.1. The highest BCUT2D eigenvalue weighted by Gasteiger charge is 2.14. The van der Waals surface area contributed by atoms with E-state index in [1.807, 2.05) is 19.1 Å². The predicted octanol–water partition coefficient (Wildman–Crippen LogP) is 2.16. The van der Waals surface area contributed by atoms with Gasteiger partial charge in [-0.15, -0.1) is 0 Å². The summed E-state index contributed by atoms with van der Waals surface area (Å²) in [4.78, 5) is 4.48. The molecule has 5 nitrogen and oxygen atoms in total. The molecule has 0 aliphatic rings. The summed E-state index contributed by atoms with van der Waals surface area (Å²) < 4.78 is 27.1. The summed E-state index contributed by atoms with van der Waals surface area (Å²) in [6.45, 7) is 2.21. The zero-order valence-corrected chi connectivity index (χ0v) is 12.9. The summed E-state index contributed by atoms with van der Waals surface area (Å²) in [5.41, 5.74) is 2.67. The Bertz CT molecular complexity index is 697. The Hall–Kier alpha value is -1.92. The van der Waals surface area contributed by atoms with Gasteiger partial charge in [0.1, 0.15) is 0 Å². The van der Waals surface area contributed by atoms with Gasteiger partial charge in [0.05, 0.1) is 17.1 Å². The molecule has 0 radical (unpaired) electrons. The molecule has 2 rings (SSSR count). The lowest BCUT2D eigenvalue weighted by Crippen LogP contribution is -2.24. The van der Waals surface area contributed by atoms with Crippen LogP contribution in [-0.4, -0.2) is 20.4 Å². The van der Waals surface area contributed by atoms with Gasteiger partial charge in [-0.25, -0.2) is 13.1 Å². The normalized spacial score (nSPS) is 11.3. The first-order valence-electron chi connectivity index (χ1n) is 6.77. The Labute approximate surface area is 125 Å². The molecule has 21 heavy (non-hydrogen) atoms. The van der Waals surface area contributed by atoms with Gasteiger partial charge in [-0.05, 0) is 42.3 Å². The molecule has 0 spiro atoms. The fraction of sp³-hybridized carbons (Fsp3) is 0.267. The average molecular weight is 305 g/mol. The van der Waals surface area contributed by atoms with E-state index in [9.17, 15) is 8.42 Å². The van der Waals surface area contributed by atoms with Crippen LogP contribution in [0, 0.1) is 0 Å². The molecule has 6 heteroatoms. The molecule has 1 heterocycles. The number of sulfonamides is 1. The van der Waals surface area contributed by atoms with Crippen LogP contribution in [0.25, 0.3) is 0 Å². The van der Waals surface area contributed by atoms with Crippen LogP contribution in [0.3, 0.4) is 0 Å². The minimum atomic E-state index is -3.53. The second kappa shape index (κ2) is 6.69. The number of aryl methyl sites for hydroxylation is 1. The van der Waals surface area contributed by atoms with Crippen molar-refractivity contribution < 1.29 is 8.42 Å². The molecule has 0 amide bonds. The van der Waals surface area contributed by atoms with Crippen LogP contribution in [0.2, 0.25) is 0 Å². The van der Waals surface area contributed by atoms with Gasteiger partial charge in [-0.2, -0.15) is 0 Å². The van der Waals surface area contributed by atoms with E-state index in [2.05, 4.69) is 15.0 Å². The van der Waals surface area contributed by atoms with Gasteiger partial charge in [-0.1, -0.05) is 13.0 Å². The van der Waals surface area contributed by atoms with E-state index in [0.29, 0.717) is 0 Å². The first-order chi connectivity index (χ1) is 10.1. The van der Waals surface area contributed by atoms with Crippen LogP contribution >= 0.6 is 0 Å². The Morgan fingerprint density at radius 2 is 1.86 bits per heavy atom. The van der Waals surface area contributed by atoms with Crippen molar-refractivity contribution in [1.82, 2.24) is 9.71 Å². The minimum absolute atomic E-state index is 0.195. The quantitative estimate of drug-likeness (QED) is 0.858. The Balaban J connectivity index is 2.13. The van der Waals surface area contributed by atoms with Crippen LogP contribution in [0.5, 0.6) is 0 Å². The number of nitrogens with zero attached hydrogens (tertiary/aromatic N) is 1. The molecule has 0 saturated carbocycles. The van der Waals surface area contributed by atoms with Gasteiger partial charge < -0.3 is 5.32 Å². The fourth-order valence-electron chi connectivity index (χ4n) is 2.00. The number of hydrogen-bond donors (Lipinski definition) is 2. The molecule has 0 atom stereocenters. The van der Waals surface area contributed by atoms with E-state index in [1.54, 1.807) is 37.5 Å². The fourth-order valence-corrected chi connectivity index (χ4v) is 2.99. The summed E-state index contributed by atoms with van der Waals surface area (Å²) >= 11 is 0. The lowest BCUT2D eigenvalue weighted by Gasteiger charge is -2.09. The highest BCUT2D eigenvalue weighted by atomic mass is 32.2. The molecule has 1 aromatic carbocycles. The standard InChI is InChI=1S/C15H19N3O2S/c1-3-12-5-4-10-17-15(12)11-18-21(19,20)14-8-6-13(16-2)7-9-14/h4-10,16,18H,3,11H2,1-2H3. The van der Waals surface area contributed by atoms with Gasteiger partial charge in [0, 0.05) is 18.9 Å². The number of nitrogens with one attached hydrogen (secondary N) is 2. The van der Waals surface area contributed by atoms with Crippen LogP contribution in [0.15, 0.2) is 47.5 Å². The summed E-state index contributed by atoms with van der Waals surface area (Å²) in [6.07, 6.45) is 2.49. The van der Waals surface area contributed by atoms with Gasteiger partial charge in [0.2, 0.25) is 10.0 Å². The SMILES string of the molecule is CCc1cccnc1CNS(=O)(=O)c1ccc(NC)cc1. The molecule has 0 aliphatic heterocycles. The third kappa shape index (κ3) is 3.80. The van der Waals surface area contributed by atoms with Crippen LogP contribution in [-0.2, 0) is 23.0 Å². The molecule has 0 aliphatic carbocycles. The predicted molar refractivity (Wildman–Crippen MR) is 83.6 cm³/mol. The Morgan fingerprint density at radius 1 is 1.14 bits per heavy atom. The zero-order valence-electron chi connectivity index (χ0n) is 12.1. The molecule has 0 saturated heterocycles. The van der Waals surface area contributed by atoms with Crippen LogP contribution in [0.1, 0.15) is 18.2 Å². The smallest absolute Gasteiger partial charge is 0.240 e. The molecule has 0 fully saturated rings. The Morgan fingerprint density at radius 3 is 2.48 bits per heavy atom. The molecule has 0 unspecified atom stereocenters. The van der Waals surface area contributed by atoms with E-state index in [-0.39, 0.29) is 11.4 Å². The first-order valence-corrected chi connectivity index (χ1v) is 8.25. The first kappa shape index (κ1) is 15.5. The van der Waals surface area contributed by atoms with Crippen molar-refractivity contribution in [2.75, 3.05) is 12.4 Å². The highest BCUT2D eigenvalue weighted by molar-refractivity contribution is 7.89. The second-order valence-electron chi connectivity index (χ2n) is 4.56. The summed E-state index contributed by atoms with van der Waals surface area (Å²) in [7, 11) is -1.74. The summed E-state index contributed by atoms with van der Waals surface area (Å²) in [5, 5.41) is 2.95. The largest absolute Gasteiger partial charge is 0.388 e. The zero-order chi connectivity index (χ0) is 15.3. The molecule has 2 aromatic rings. The van der Waals surface area contributed by atoms with Crippen molar-refractivity contribution in [2.24, 2.45) is 0 Å². The molecular formula is C15H19N3O2S. The number of benzene rings is 1. The van der Waals surface area contributed by atoms with Gasteiger partial charge in [0.15, 0.2) is 0 Å². The molecule has 1 aromatic heterocycles. The number of pyridine rings is 1. The number of aromatic nitrogens is 1. The third-order valence-corrected chi connectivity index (χ3v) is 4.67. The average Bonchev–Trinajstić information content (AvgIpc) is 2.53. The minimum Gasteiger partial charge on any atom is -0.388 e. The van der Waals surface area contributed by atoms with Crippen LogP contribution in [0.4, 0.5) is 5.69 Å². The number of rotatable bonds is 6. The van der Waals surface area contributed by atoms with Crippen molar-refractivity contribution in [2.45, 2.75) is 24.8 Å². The van der Waals surface area contributed by atoms with Gasteiger partial charge >= 0.3 is 0 Å². The Kier molecular flexibility index (Phi) is 4.93. The number of hydrogen-bond acceptors (Lipinski definition) is 4. The van der Waals surface area contributed by atoms with Gasteiger partial charge in [-0.3, -0.25) is 4.98 Å². The van der Waals surface area contributed by atoms with Crippen molar-refractivity contribution in [3.05, 3.63) is 53.9 Å². The maximum atomic E-state index is 12.2. The summed E-state index contributed by atoms with van der Waals surface area (Å²) in [5.74, 6) is 0. The second-order valence-corrected chi connectivity index (χ2v) is 6.33. The topological polar surface area (TPSA) is 71.1 Å². The van der Waals surface area contributed by atoms with Crippen molar-refractivity contribution in [3.63, 3.8) is 0 Å². The maximum absolute atomic E-state index is 12.2.